The molecule has 0 radical (unpaired) electrons. The van der Waals surface area contributed by atoms with E-state index in [4.69, 9.17) is 16.1 Å². The molecule has 37 heavy (non-hydrogen) atoms. The van der Waals surface area contributed by atoms with Gasteiger partial charge >= 0.3 is 51.4 Å². The number of nitrogens with one attached hydrogen (secondary N) is 1. The molecule has 0 saturated carbocycles. The predicted molar refractivity (Wildman–Crippen MR) is 136 cm³/mol. The molecular formula is C26H25ClKN2O6P. The first-order chi connectivity index (χ1) is 17.0. The minimum atomic E-state index is -5.01. The van der Waals surface area contributed by atoms with Gasteiger partial charge in [0.1, 0.15) is 0 Å². The zero-order valence-electron chi connectivity index (χ0n) is 20.7. The Labute approximate surface area is 263 Å². The summed E-state index contributed by atoms with van der Waals surface area (Å²) in [5.41, 5.74) is 3.93. The van der Waals surface area contributed by atoms with Crippen LogP contribution in [0.1, 0.15) is 56.4 Å². The Morgan fingerprint density at radius 1 is 1.08 bits per heavy atom. The van der Waals surface area contributed by atoms with Crippen LogP contribution < -0.4 is 66.5 Å². The monoisotopic (exact) mass is 566 g/mol. The van der Waals surface area contributed by atoms with Crippen LogP contribution in [0.15, 0.2) is 60.7 Å². The van der Waals surface area contributed by atoms with Crippen LogP contribution in [0.3, 0.4) is 0 Å². The number of carbonyl (C=O) groups excluding carboxylic acids is 2. The summed E-state index contributed by atoms with van der Waals surface area (Å²) in [6.07, 6.45) is -0.260. The van der Waals surface area contributed by atoms with Crippen molar-refractivity contribution in [3.05, 3.63) is 93.5 Å². The molecule has 1 heterocycles. The van der Waals surface area contributed by atoms with Crippen LogP contribution in [-0.4, -0.2) is 23.3 Å². The molecule has 0 aromatic heterocycles. The predicted octanol–water partition coefficient (Wildman–Crippen LogP) is 2.17. The third kappa shape index (κ3) is 7.39. The van der Waals surface area contributed by atoms with Crippen LogP contribution in [0.2, 0.25) is 5.02 Å². The third-order valence-corrected chi connectivity index (χ3v) is 6.84. The van der Waals surface area contributed by atoms with E-state index in [1.165, 1.54) is 0 Å². The zero-order chi connectivity index (χ0) is 26.0. The molecule has 188 valence electrons. The molecule has 2 unspecified atom stereocenters. The second-order valence-corrected chi connectivity index (χ2v) is 10.2. The number of halogens is 1. The molecule has 3 aromatic carbocycles. The summed E-state index contributed by atoms with van der Waals surface area (Å²) in [6.45, 7) is 3.95. The van der Waals surface area contributed by atoms with E-state index in [0.29, 0.717) is 51.6 Å². The molecule has 2 amide bonds. The fourth-order valence-electron chi connectivity index (χ4n) is 4.37. The number of phosphoric acid groups is 1. The molecule has 4 rings (SSSR count). The number of anilines is 2. The average Bonchev–Trinajstić information content (AvgIpc) is 2.97. The SMILES string of the molecule is Cc1ccccc1C(=O)Nc1ccc(C(=O)N2CCCC(OP(=O)([O-])O)c3cc(Cl)ccc32)c(C)c1.[K+]. The van der Waals surface area contributed by atoms with Crippen LogP contribution in [0.4, 0.5) is 11.4 Å². The minimum Gasteiger partial charge on any atom is -0.756 e. The van der Waals surface area contributed by atoms with Gasteiger partial charge in [-0.25, -0.2) is 0 Å². The van der Waals surface area contributed by atoms with Gasteiger partial charge in [0.05, 0.1) is 6.10 Å². The van der Waals surface area contributed by atoms with Crippen molar-refractivity contribution in [3.63, 3.8) is 0 Å². The van der Waals surface area contributed by atoms with Gasteiger partial charge in [-0.1, -0.05) is 29.8 Å². The van der Waals surface area contributed by atoms with Gasteiger partial charge in [-0.15, -0.1) is 0 Å². The summed E-state index contributed by atoms with van der Waals surface area (Å²) in [7, 11) is -5.01. The fourth-order valence-corrected chi connectivity index (χ4v) is 5.10. The number of nitrogens with zero attached hydrogens (tertiary/aromatic N) is 1. The maximum Gasteiger partial charge on any atom is 1.00 e. The van der Waals surface area contributed by atoms with Gasteiger partial charge in [-0.3, -0.25) is 14.2 Å². The number of amides is 2. The van der Waals surface area contributed by atoms with E-state index in [9.17, 15) is 23.9 Å². The number of fused-ring (bicyclic) bond motifs is 1. The van der Waals surface area contributed by atoms with E-state index in [0.717, 1.165) is 5.56 Å². The van der Waals surface area contributed by atoms with E-state index in [2.05, 4.69) is 5.32 Å². The van der Waals surface area contributed by atoms with Crippen molar-refractivity contribution in [1.29, 1.82) is 0 Å². The first kappa shape index (κ1) is 30.2. The van der Waals surface area contributed by atoms with Crippen molar-refractivity contribution >= 4 is 42.6 Å². The fraction of sp³-hybridized carbons (Fsp3) is 0.231. The summed E-state index contributed by atoms with van der Waals surface area (Å²) in [5.74, 6) is -0.529. The molecular weight excluding hydrogens is 542 g/mol. The topological polar surface area (TPSA) is 119 Å². The summed E-state index contributed by atoms with van der Waals surface area (Å²) in [5, 5.41) is 3.22. The number of benzene rings is 3. The average molecular weight is 567 g/mol. The first-order valence-corrected chi connectivity index (χ1v) is 13.2. The molecule has 2 N–H and O–H groups in total. The van der Waals surface area contributed by atoms with Crippen LogP contribution in [-0.2, 0) is 9.09 Å². The van der Waals surface area contributed by atoms with E-state index in [-0.39, 0.29) is 69.6 Å². The molecule has 1 aliphatic rings. The molecule has 0 spiro atoms. The number of hydrogen-bond donors (Lipinski definition) is 2. The van der Waals surface area contributed by atoms with Gasteiger partial charge in [-0.05, 0) is 80.3 Å². The van der Waals surface area contributed by atoms with E-state index in [1.807, 2.05) is 19.1 Å². The van der Waals surface area contributed by atoms with Crippen molar-refractivity contribution in [2.24, 2.45) is 0 Å². The normalized spacial score (nSPS) is 16.6. The van der Waals surface area contributed by atoms with Crippen molar-refractivity contribution in [2.45, 2.75) is 32.8 Å². The van der Waals surface area contributed by atoms with E-state index < -0.39 is 13.9 Å². The molecule has 0 saturated heterocycles. The Balaban J connectivity index is 0.00000380. The Kier molecular flexibility index (Phi) is 10.3. The second-order valence-electron chi connectivity index (χ2n) is 8.66. The molecule has 8 nitrogen and oxygen atoms in total. The van der Waals surface area contributed by atoms with Gasteiger partial charge < -0.3 is 24.5 Å². The van der Waals surface area contributed by atoms with Crippen molar-refractivity contribution in [1.82, 2.24) is 0 Å². The molecule has 2 atom stereocenters. The summed E-state index contributed by atoms with van der Waals surface area (Å²) >= 11 is 6.15. The van der Waals surface area contributed by atoms with Crippen molar-refractivity contribution in [3.8, 4) is 0 Å². The second kappa shape index (κ2) is 12.7. The summed E-state index contributed by atoms with van der Waals surface area (Å²) in [4.78, 5) is 48.5. The standard InChI is InChI=1S/C26H26ClN2O6P.K/c1-16-6-3-4-7-20(16)25(30)28-19-10-11-21(17(2)14-19)26(31)29-13-5-8-24(35-36(32,33)34)22-15-18(27)9-12-23(22)29;/h3-4,6-7,9-12,14-15,24H,5,8,13H2,1-2H3,(H,28,30)(H2,32,33,34);/q;+1/p-1. The van der Waals surface area contributed by atoms with Crippen LogP contribution >= 0.6 is 19.4 Å². The van der Waals surface area contributed by atoms with Crippen LogP contribution in [0.5, 0.6) is 0 Å². The van der Waals surface area contributed by atoms with Gasteiger partial charge in [0.15, 0.2) is 0 Å². The maximum absolute atomic E-state index is 13.6. The minimum absolute atomic E-state index is 0. The Bertz CT molecular complexity index is 1380. The van der Waals surface area contributed by atoms with E-state index in [1.54, 1.807) is 60.4 Å². The molecule has 11 heteroatoms. The number of carbonyl (C=O) groups is 2. The van der Waals surface area contributed by atoms with Crippen molar-refractivity contribution < 1.29 is 79.8 Å². The van der Waals surface area contributed by atoms with Crippen molar-refractivity contribution in [2.75, 3.05) is 16.8 Å². The first-order valence-electron chi connectivity index (χ1n) is 11.3. The zero-order valence-corrected chi connectivity index (χ0v) is 25.5. The van der Waals surface area contributed by atoms with Gasteiger partial charge in [0.2, 0.25) is 0 Å². The Morgan fingerprint density at radius 2 is 1.81 bits per heavy atom. The maximum atomic E-state index is 13.6. The van der Waals surface area contributed by atoms with Crippen LogP contribution in [0.25, 0.3) is 0 Å². The number of aryl methyl sites for hydroxylation is 2. The molecule has 0 aliphatic carbocycles. The van der Waals surface area contributed by atoms with Gasteiger partial charge in [-0.2, -0.15) is 0 Å². The number of hydrogen-bond acceptors (Lipinski definition) is 5. The molecule has 1 aliphatic heterocycles. The molecule has 3 aromatic rings. The quantitative estimate of drug-likeness (QED) is 0.361. The third-order valence-electron chi connectivity index (χ3n) is 6.09. The molecule has 0 fully saturated rings. The van der Waals surface area contributed by atoms with Crippen LogP contribution in [0, 0.1) is 13.8 Å². The van der Waals surface area contributed by atoms with Gasteiger partial charge in [0, 0.05) is 39.6 Å². The van der Waals surface area contributed by atoms with E-state index >= 15 is 0 Å². The van der Waals surface area contributed by atoms with Gasteiger partial charge in [0.25, 0.3) is 19.6 Å². The Hall–Kier alpha value is -1.36. The summed E-state index contributed by atoms with van der Waals surface area (Å²) < 4.78 is 16.3. The summed E-state index contributed by atoms with van der Waals surface area (Å²) in [6, 6.07) is 17.1. The molecule has 0 bridgehead atoms. The smallest absolute Gasteiger partial charge is 0.756 e. The number of phosphoric ester groups is 1. The Morgan fingerprint density at radius 3 is 2.49 bits per heavy atom. The number of rotatable bonds is 5. The largest absolute Gasteiger partial charge is 1.00 e.